The van der Waals surface area contributed by atoms with Gasteiger partial charge in [-0.1, -0.05) is 23.9 Å². The molecule has 2 aromatic heterocycles. The molecule has 0 bridgehead atoms. The Hall–Kier alpha value is -2.38. The minimum absolute atomic E-state index is 0.237. The van der Waals surface area contributed by atoms with E-state index in [2.05, 4.69) is 15.1 Å². The first kappa shape index (κ1) is 14.6. The summed E-state index contributed by atoms with van der Waals surface area (Å²) < 4.78 is 0.403. The Kier molecular flexibility index (Phi) is 4.36. The van der Waals surface area contributed by atoms with E-state index < -0.39 is 0 Å². The molecule has 108 valence electrons. The molecule has 5 nitrogen and oxygen atoms in total. The molecular weight excluding hydrogens is 316 g/mol. The van der Waals surface area contributed by atoms with E-state index in [4.69, 9.17) is 12.2 Å². The van der Waals surface area contributed by atoms with Crippen LogP contribution in [0.3, 0.4) is 0 Å². The molecule has 0 saturated carbocycles. The number of thioether (sulfide) groups is 1. The first-order valence-electron chi connectivity index (χ1n) is 6.36. The van der Waals surface area contributed by atoms with E-state index in [-0.39, 0.29) is 5.91 Å². The summed E-state index contributed by atoms with van der Waals surface area (Å²) in [7, 11) is 0. The number of hydrogen-bond donors (Lipinski definition) is 0. The van der Waals surface area contributed by atoms with Crippen molar-refractivity contribution < 1.29 is 4.79 Å². The van der Waals surface area contributed by atoms with Crippen molar-refractivity contribution in [2.75, 3.05) is 0 Å². The topological polar surface area (TPSA) is 58.5 Å². The van der Waals surface area contributed by atoms with Gasteiger partial charge in [0.25, 0.3) is 5.91 Å². The van der Waals surface area contributed by atoms with E-state index in [1.54, 1.807) is 43.1 Å². The third-order valence-electron chi connectivity index (χ3n) is 2.76. The molecule has 2 aromatic rings. The van der Waals surface area contributed by atoms with E-state index >= 15 is 0 Å². The number of amides is 1. The van der Waals surface area contributed by atoms with Gasteiger partial charge in [0.15, 0.2) is 4.32 Å². The molecule has 1 saturated heterocycles. The molecule has 0 unspecified atom stereocenters. The van der Waals surface area contributed by atoms with E-state index in [0.29, 0.717) is 9.23 Å². The summed E-state index contributed by atoms with van der Waals surface area (Å²) in [4.78, 5) is 20.9. The van der Waals surface area contributed by atoms with Gasteiger partial charge in [-0.25, -0.2) is 0 Å². The highest BCUT2D eigenvalue weighted by atomic mass is 32.2. The quantitative estimate of drug-likeness (QED) is 0.493. The van der Waals surface area contributed by atoms with Gasteiger partial charge in [0.2, 0.25) is 0 Å². The molecule has 3 rings (SSSR count). The van der Waals surface area contributed by atoms with Crippen molar-refractivity contribution in [3.8, 4) is 0 Å². The van der Waals surface area contributed by atoms with Crippen LogP contribution in [0.2, 0.25) is 0 Å². The lowest BCUT2D eigenvalue weighted by Gasteiger charge is -2.05. The van der Waals surface area contributed by atoms with Gasteiger partial charge < -0.3 is 0 Å². The van der Waals surface area contributed by atoms with E-state index in [0.717, 1.165) is 11.1 Å². The number of nitrogens with zero attached hydrogens (tertiary/aromatic N) is 4. The summed E-state index contributed by atoms with van der Waals surface area (Å²) in [5.74, 6) is -0.237. The first-order valence-corrected chi connectivity index (χ1v) is 7.58. The van der Waals surface area contributed by atoms with Crippen LogP contribution in [0.4, 0.5) is 0 Å². The monoisotopic (exact) mass is 326 g/mol. The third kappa shape index (κ3) is 3.26. The summed E-state index contributed by atoms with van der Waals surface area (Å²) in [6, 6.07) is 7.33. The number of carbonyl (C=O) groups excluding carboxylic acids is 1. The third-order valence-corrected chi connectivity index (χ3v) is 4.05. The van der Waals surface area contributed by atoms with Gasteiger partial charge >= 0.3 is 0 Å². The minimum Gasteiger partial charge on any atom is -0.266 e. The smallest absolute Gasteiger partial charge is 0.266 e. The Morgan fingerprint density at radius 3 is 2.45 bits per heavy atom. The second kappa shape index (κ2) is 6.59. The molecule has 0 atom stereocenters. The van der Waals surface area contributed by atoms with Crippen LogP contribution in [-0.2, 0) is 4.79 Å². The maximum Gasteiger partial charge on any atom is 0.286 e. The van der Waals surface area contributed by atoms with E-state index in [9.17, 15) is 4.79 Å². The molecule has 3 heterocycles. The standard InChI is InChI=1S/C15H10N4OS2/c20-14-13(7-11-3-1-5-16-8-11)22-15(21)19(14)18-10-12-4-2-6-17-9-12/h1-10H/b13-7+,18-10+. The van der Waals surface area contributed by atoms with Crippen molar-refractivity contribution in [3.63, 3.8) is 0 Å². The van der Waals surface area contributed by atoms with Crippen LogP contribution >= 0.6 is 24.0 Å². The number of hydrazone groups is 1. The van der Waals surface area contributed by atoms with Crippen LogP contribution in [0.5, 0.6) is 0 Å². The average Bonchev–Trinajstić information content (AvgIpc) is 2.81. The molecule has 1 amide bonds. The van der Waals surface area contributed by atoms with Crippen molar-refractivity contribution in [2.45, 2.75) is 0 Å². The fraction of sp³-hybridized carbons (Fsp3) is 0. The number of thiocarbonyl (C=S) groups is 1. The molecular formula is C15H10N4OS2. The average molecular weight is 326 g/mol. The Bertz CT molecular complexity index is 760. The van der Waals surface area contributed by atoms with Gasteiger partial charge in [-0.3, -0.25) is 14.8 Å². The summed E-state index contributed by atoms with van der Waals surface area (Å²) in [5.41, 5.74) is 1.65. The molecule has 7 heteroatoms. The van der Waals surface area contributed by atoms with Gasteiger partial charge in [0.1, 0.15) is 0 Å². The largest absolute Gasteiger partial charge is 0.286 e. The van der Waals surface area contributed by atoms with Gasteiger partial charge in [-0.15, -0.1) is 0 Å². The first-order chi connectivity index (χ1) is 10.7. The number of aromatic nitrogens is 2. The van der Waals surface area contributed by atoms with Crippen molar-refractivity contribution in [1.82, 2.24) is 15.0 Å². The van der Waals surface area contributed by atoms with Crippen molar-refractivity contribution in [3.05, 3.63) is 65.1 Å². The lowest BCUT2D eigenvalue weighted by Crippen LogP contribution is -2.22. The molecule has 0 aliphatic carbocycles. The Morgan fingerprint density at radius 2 is 1.82 bits per heavy atom. The zero-order chi connectivity index (χ0) is 15.4. The fourth-order valence-electron chi connectivity index (χ4n) is 1.75. The van der Waals surface area contributed by atoms with Crippen molar-refractivity contribution in [2.24, 2.45) is 5.10 Å². The Labute approximate surface area is 136 Å². The van der Waals surface area contributed by atoms with Crippen LogP contribution in [0.25, 0.3) is 6.08 Å². The summed E-state index contributed by atoms with van der Waals surface area (Å²) in [5, 5.41) is 5.37. The highest BCUT2D eigenvalue weighted by Gasteiger charge is 2.31. The number of carbonyl (C=O) groups is 1. The van der Waals surface area contributed by atoms with Crippen LogP contribution < -0.4 is 0 Å². The lowest BCUT2D eigenvalue weighted by molar-refractivity contribution is -0.122. The van der Waals surface area contributed by atoms with Crippen LogP contribution in [0, 0.1) is 0 Å². The Balaban J connectivity index is 1.80. The molecule has 22 heavy (non-hydrogen) atoms. The highest BCUT2D eigenvalue weighted by molar-refractivity contribution is 8.26. The second-order valence-electron chi connectivity index (χ2n) is 4.31. The van der Waals surface area contributed by atoms with Gasteiger partial charge in [0.05, 0.1) is 11.1 Å². The van der Waals surface area contributed by atoms with Gasteiger partial charge in [0, 0.05) is 30.4 Å². The van der Waals surface area contributed by atoms with Crippen molar-refractivity contribution >= 4 is 46.5 Å². The molecule has 1 fully saturated rings. The highest BCUT2D eigenvalue weighted by Crippen LogP contribution is 2.32. The summed E-state index contributed by atoms with van der Waals surface area (Å²) in [6.45, 7) is 0. The van der Waals surface area contributed by atoms with Gasteiger partial charge in [-0.05, 0) is 36.0 Å². The maximum atomic E-state index is 12.3. The number of rotatable bonds is 3. The molecule has 1 aliphatic rings. The van der Waals surface area contributed by atoms with Crippen LogP contribution in [0.15, 0.2) is 59.1 Å². The minimum atomic E-state index is -0.237. The van der Waals surface area contributed by atoms with Crippen molar-refractivity contribution in [1.29, 1.82) is 0 Å². The van der Waals surface area contributed by atoms with E-state index in [1.807, 2.05) is 18.2 Å². The van der Waals surface area contributed by atoms with Crippen LogP contribution in [-0.4, -0.2) is 31.4 Å². The molecule has 0 radical (unpaired) electrons. The number of hydrogen-bond acceptors (Lipinski definition) is 6. The fourth-order valence-corrected chi connectivity index (χ4v) is 2.92. The summed E-state index contributed by atoms with van der Waals surface area (Å²) >= 11 is 6.43. The van der Waals surface area contributed by atoms with E-state index in [1.165, 1.54) is 16.8 Å². The zero-order valence-corrected chi connectivity index (χ0v) is 12.9. The van der Waals surface area contributed by atoms with Crippen LogP contribution in [0.1, 0.15) is 11.1 Å². The zero-order valence-electron chi connectivity index (χ0n) is 11.3. The van der Waals surface area contributed by atoms with Gasteiger partial charge in [-0.2, -0.15) is 10.1 Å². The number of pyridine rings is 2. The second-order valence-corrected chi connectivity index (χ2v) is 5.99. The predicted molar refractivity (Wildman–Crippen MR) is 91.1 cm³/mol. The lowest BCUT2D eigenvalue weighted by atomic mass is 10.2. The SMILES string of the molecule is O=C1/C(=C\c2cccnc2)SC(=S)N1/N=C/c1cccnc1. The maximum absolute atomic E-state index is 12.3. The summed E-state index contributed by atoms with van der Waals surface area (Å²) in [6.07, 6.45) is 10.0. The Morgan fingerprint density at radius 1 is 1.14 bits per heavy atom. The molecule has 1 aliphatic heterocycles. The molecule has 0 aromatic carbocycles. The molecule has 0 spiro atoms. The predicted octanol–water partition coefficient (Wildman–Crippen LogP) is 2.71. The molecule has 0 N–H and O–H groups in total. The normalized spacial score (nSPS) is 16.9.